The van der Waals surface area contributed by atoms with Crippen LogP contribution in [0.15, 0.2) is 24.3 Å². The Kier molecular flexibility index (Phi) is 3.37. The number of carbonyl (C=O) groups is 1. The molecule has 0 bridgehead atoms. The number of nitrogens with one attached hydrogen (secondary N) is 2. The molecule has 0 radical (unpaired) electrons. The Balaban J connectivity index is 2.01. The van der Waals surface area contributed by atoms with E-state index in [2.05, 4.69) is 15.6 Å². The van der Waals surface area contributed by atoms with Crippen molar-refractivity contribution in [3.8, 4) is 0 Å². The van der Waals surface area contributed by atoms with Crippen molar-refractivity contribution in [1.29, 1.82) is 0 Å². The molecule has 1 aliphatic heterocycles. The molecule has 0 atom stereocenters. The number of esters is 1. The number of ether oxygens (including phenoxy) is 1. The molecule has 0 amide bonds. The standard InChI is InChI=1S/C13H11N3O2S2/c1-2-18-13(17)12-16-9-10(19)14-7-5-3-4-6-8(7)15-11(9)20-12/h3-6,15H,2H2,1H3,(H,14,19). The third-order valence-electron chi connectivity index (χ3n) is 2.72. The van der Waals surface area contributed by atoms with E-state index in [1.807, 2.05) is 24.3 Å². The van der Waals surface area contributed by atoms with Crippen molar-refractivity contribution in [2.24, 2.45) is 0 Å². The molecule has 1 aromatic heterocycles. The van der Waals surface area contributed by atoms with Crippen LogP contribution in [0, 0.1) is 0 Å². The number of hydrogen-bond acceptors (Lipinski definition) is 6. The minimum atomic E-state index is -0.427. The number of para-hydroxylation sites is 2. The number of benzene rings is 1. The van der Waals surface area contributed by atoms with Crippen molar-refractivity contribution in [2.75, 3.05) is 17.2 Å². The van der Waals surface area contributed by atoms with Crippen LogP contribution in [0.5, 0.6) is 0 Å². The van der Waals surface area contributed by atoms with Gasteiger partial charge in [-0.25, -0.2) is 9.78 Å². The van der Waals surface area contributed by atoms with Gasteiger partial charge in [-0.3, -0.25) is 0 Å². The fourth-order valence-electron chi connectivity index (χ4n) is 1.84. The highest BCUT2D eigenvalue weighted by molar-refractivity contribution is 7.81. The van der Waals surface area contributed by atoms with Gasteiger partial charge in [0, 0.05) is 0 Å². The molecule has 2 aromatic rings. The molecule has 1 aromatic carbocycles. The average molecular weight is 305 g/mol. The molecule has 0 fully saturated rings. The van der Waals surface area contributed by atoms with Crippen LogP contribution in [-0.4, -0.2) is 22.5 Å². The summed E-state index contributed by atoms with van der Waals surface area (Å²) in [6.45, 7) is 2.08. The maximum absolute atomic E-state index is 11.7. The van der Waals surface area contributed by atoms with Crippen molar-refractivity contribution in [3.05, 3.63) is 35.0 Å². The van der Waals surface area contributed by atoms with Crippen molar-refractivity contribution in [3.63, 3.8) is 0 Å². The molecular weight excluding hydrogens is 294 g/mol. The van der Waals surface area contributed by atoms with E-state index in [1.54, 1.807) is 6.92 Å². The molecule has 102 valence electrons. The van der Waals surface area contributed by atoms with E-state index in [-0.39, 0.29) is 0 Å². The second-order valence-electron chi connectivity index (χ2n) is 4.04. The molecule has 5 nitrogen and oxygen atoms in total. The summed E-state index contributed by atoms with van der Waals surface area (Å²) in [5.41, 5.74) is 2.36. The van der Waals surface area contributed by atoms with Gasteiger partial charge in [-0.1, -0.05) is 35.7 Å². The Morgan fingerprint density at radius 3 is 2.75 bits per heavy atom. The molecule has 2 N–H and O–H groups in total. The van der Waals surface area contributed by atoms with Gasteiger partial charge in [0.1, 0.15) is 15.7 Å². The Morgan fingerprint density at radius 1 is 1.35 bits per heavy atom. The van der Waals surface area contributed by atoms with Crippen molar-refractivity contribution in [1.82, 2.24) is 4.98 Å². The monoisotopic (exact) mass is 305 g/mol. The van der Waals surface area contributed by atoms with Gasteiger partial charge in [0.25, 0.3) is 0 Å². The second kappa shape index (κ2) is 5.18. The molecule has 3 rings (SSSR count). The summed E-state index contributed by atoms with van der Waals surface area (Å²) in [5.74, 6) is -0.427. The maximum atomic E-state index is 11.7. The quantitative estimate of drug-likeness (QED) is 0.656. The average Bonchev–Trinajstić information content (AvgIpc) is 2.80. The number of fused-ring (bicyclic) bond motifs is 2. The summed E-state index contributed by atoms with van der Waals surface area (Å²) in [5, 5.41) is 7.42. The van der Waals surface area contributed by atoms with Crippen LogP contribution in [0.1, 0.15) is 22.4 Å². The third kappa shape index (κ3) is 2.25. The number of nitrogens with zero attached hydrogens (tertiary/aromatic N) is 1. The zero-order valence-corrected chi connectivity index (χ0v) is 12.2. The molecular formula is C13H11N3O2S2. The predicted octanol–water partition coefficient (Wildman–Crippen LogP) is 3.16. The highest BCUT2D eigenvalue weighted by Gasteiger charge is 2.23. The Labute approximate surface area is 125 Å². The van der Waals surface area contributed by atoms with Gasteiger partial charge in [0.2, 0.25) is 5.01 Å². The molecule has 7 heteroatoms. The van der Waals surface area contributed by atoms with Crippen LogP contribution < -0.4 is 10.6 Å². The maximum Gasteiger partial charge on any atom is 0.367 e. The van der Waals surface area contributed by atoms with Crippen LogP contribution in [0.25, 0.3) is 0 Å². The van der Waals surface area contributed by atoms with E-state index >= 15 is 0 Å². The SMILES string of the molecule is CCOC(=O)c1nc2c(s1)Nc1ccccc1NC2=S. The lowest BCUT2D eigenvalue weighted by Gasteiger charge is -2.07. The van der Waals surface area contributed by atoms with Crippen LogP contribution in [0.3, 0.4) is 0 Å². The normalized spacial score (nSPS) is 12.6. The molecule has 20 heavy (non-hydrogen) atoms. The number of aromatic nitrogens is 1. The van der Waals surface area contributed by atoms with Gasteiger partial charge >= 0.3 is 5.97 Å². The number of carbonyl (C=O) groups excluding carboxylic acids is 1. The van der Waals surface area contributed by atoms with Gasteiger partial charge in [-0.15, -0.1) is 0 Å². The second-order valence-corrected chi connectivity index (χ2v) is 5.45. The minimum Gasteiger partial charge on any atom is -0.461 e. The van der Waals surface area contributed by atoms with Gasteiger partial charge in [0.15, 0.2) is 0 Å². The van der Waals surface area contributed by atoms with Gasteiger partial charge < -0.3 is 15.4 Å². The third-order valence-corrected chi connectivity index (χ3v) is 3.96. The van der Waals surface area contributed by atoms with Gasteiger partial charge in [0.05, 0.1) is 18.0 Å². The summed E-state index contributed by atoms with van der Waals surface area (Å²) < 4.78 is 4.96. The highest BCUT2D eigenvalue weighted by Crippen LogP contribution is 2.35. The lowest BCUT2D eigenvalue weighted by Crippen LogP contribution is -2.11. The van der Waals surface area contributed by atoms with E-state index in [1.165, 1.54) is 11.3 Å². The minimum absolute atomic E-state index is 0.299. The topological polar surface area (TPSA) is 63.2 Å². The van der Waals surface area contributed by atoms with E-state index in [0.717, 1.165) is 16.4 Å². The lowest BCUT2D eigenvalue weighted by molar-refractivity contribution is 0.0526. The fraction of sp³-hybridized carbons (Fsp3) is 0.154. The van der Waals surface area contributed by atoms with E-state index < -0.39 is 5.97 Å². The number of anilines is 3. The summed E-state index contributed by atoms with van der Waals surface area (Å²) in [6, 6.07) is 7.71. The molecule has 0 saturated heterocycles. The number of hydrogen-bond donors (Lipinski definition) is 2. The zero-order chi connectivity index (χ0) is 14.1. The zero-order valence-electron chi connectivity index (χ0n) is 10.6. The number of thiocarbonyl (C=S) groups is 1. The first-order chi connectivity index (χ1) is 9.69. The van der Waals surface area contributed by atoms with Crippen LogP contribution in [0.2, 0.25) is 0 Å². The molecule has 2 heterocycles. The number of rotatable bonds is 2. The first-order valence-corrected chi connectivity index (χ1v) is 7.27. The van der Waals surface area contributed by atoms with Crippen molar-refractivity contribution >= 4 is 50.9 Å². The summed E-state index contributed by atoms with van der Waals surface area (Å²) in [4.78, 5) is 16.5. The summed E-state index contributed by atoms with van der Waals surface area (Å²) in [6.07, 6.45) is 0. The fourth-order valence-corrected chi connectivity index (χ4v) is 3.04. The summed E-state index contributed by atoms with van der Waals surface area (Å²) in [7, 11) is 0. The predicted molar refractivity (Wildman–Crippen MR) is 83.1 cm³/mol. The largest absolute Gasteiger partial charge is 0.461 e. The lowest BCUT2D eigenvalue weighted by atomic mass is 10.2. The van der Waals surface area contributed by atoms with Crippen LogP contribution >= 0.6 is 23.6 Å². The molecule has 0 unspecified atom stereocenters. The first-order valence-electron chi connectivity index (χ1n) is 6.04. The van der Waals surface area contributed by atoms with E-state index in [9.17, 15) is 4.79 Å². The van der Waals surface area contributed by atoms with Crippen LogP contribution in [0.4, 0.5) is 16.4 Å². The van der Waals surface area contributed by atoms with Gasteiger partial charge in [-0.05, 0) is 19.1 Å². The molecule has 0 saturated carbocycles. The first kappa shape index (κ1) is 13.0. The van der Waals surface area contributed by atoms with Crippen LogP contribution in [-0.2, 0) is 4.74 Å². The highest BCUT2D eigenvalue weighted by atomic mass is 32.1. The van der Waals surface area contributed by atoms with Crippen molar-refractivity contribution < 1.29 is 9.53 Å². The summed E-state index contributed by atoms with van der Waals surface area (Å²) >= 11 is 6.57. The van der Waals surface area contributed by atoms with Gasteiger partial charge in [-0.2, -0.15) is 0 Å². The number of thiazole rings is 1. The Morgan fingerprint density at radius 2 is 2.05 bits per heavy atom. The van der Waals surface area contributed by atoms with E-state index in [4.69, 9.17) is 17.0 Å². The molecule has 1 aliphatic rings. The Bertz CT molecular complexity index is 697. The van der Waals surface area contributed by atoms with E-state index in [0.29, 0.717) is 22.3 Å². The van der Waals surface area contributed by atoms with Crippen molar-refractivity contribution in [2.45, 2.75) is 6.92 Å². The Hall–Kier alpha value is -1.99. The smallest absolute Gasteiger partial charge is 0.367 e. The molecule has 0 spiro atoms. The molecule has 0 aliphatic carbocycles.